The van der Waals surface area contributed by atoms with E-state index in [0.717, 1.165) is 16.1 Å². The first-order chi connectivity index (χ1) is 8.69. The molecule has 0 aliphatic carbocycles. The van der Waals surface area contributed by atoms with Crippen molar-refractivity contribution in [3.63, 3.8) is 0 Å². The SMILES string of the molecule is COc1ccc(F)cc1CSc1cccc(N)c1. The van der Waals surface area contributed by atoms with Crippen LogP contribution in [0.15, 0.2) is 47.4 Å². The van der Waals surface area contributed by atoms with E-state index in [1.807, 2.05) is 24.3 Å². The Morgan fingerprint density at radius 1 is 1.22 bits per heavy atom. The lowest BCUT2D eigenvalue weighted by atomic mass is 10.2. The molecule has 0 spiro atoms. The van der Waals surface area contributed by atoms with E-state index in [-0.39, 0.29) is 5.82 Å². The normalized spacial score (nSPS) is 10.3. The highest BCUT2D eigenvalue weighted by molar-refractivity contribution is 7.98. The number of methoxy groups -OCH3 is 1. The summed E-state index contributed by atoms with van der Waals surface area (Å²) in [5.74, 6) is 1.09. The molecule has 94 valence electrons. The minimum absolute atomic E-state index is 0.251. The molecular formula is C14H14FNOS. The summed E-state index contributed by atoms with van der Waals surface area (Å²) in [6, 6.07) is 12.2. The van der Waals surface area contributed by atoms with Crippen molar-refractivity contribution in [2.45, 2.75) is 10.6 Å². The zero-order chi connectivity index (χ0) is 13.0. The second-order valence-electron chi connectivity index (χ2n) is 3.82. The van der Waals surface area contributed by atoms with Crippen LogP contribution in [0.5, 0.6) is 5.75 Å². The van der Waals surface area contributed by atoms with Crippen LogP contribution in [0.2, 0.25) is 0 Å². The van der Waals surface area contributed by atoms with Crippen molar-refractivity contribution in [2.24, 2.45) is 0 Å². The molecule has 0 heterocycles. The van der Waals surface area contributed by atoms with E-state index in [9.17, 15) is 4.39 Å². The maximum absolute atomic E-state index is 13.2. The fourth-order valence-corrected chi connectivity index (χ4v) is 2.57. The van der Waals surface area contributed by atoms with Gasteiger partial charge in [0.1, 0.15) is 11.6 Å². The molecule has 0 fully saturated rings. The Hall–Kier alpha value is -1.68. The molecule has 0 saturated heterocycles. The van der Waals surface area contributed by atoms with E-state index in [4.69, 9.17) is 10.5 Å². The van der Waals surface area contributed by atoms with Gasteiger partial charge in [-0.25, -0.2) is 4.39 Å². The summed E-state index contributed by atoms with van der Waals surface area (Å²) in [4.78, 5) is 1.06. The Bertz CT molecular complexity index is 545. The Labute approximate surface area is 110 Å². The van der Waals surface area contributed by atoms with E-state index in [0.29, 0.717) is 11.5 Å². The number of thioether (sulfide) groups is 1. The van der Waals surface area contributed by atoms with E-state index in [2.05, 4.69) is 0 Å². The summed E-state index contributed by atoms with van der Waals surface area (Å²) >= 11 is 1.60. The average molecular weight is 263 g/mol. The fraction of sp³-hybridized carbons (Fsp3) is 0.143. The van der Waals surface area contributed by atoms with E-state index in [1.165, 1.54) is 12.1 Å². The van der Waals surface area contributed by atoms with Crippen LogP contribution >= 0.6 is 11.8 Å². The highest BCUT2D eigenvalue weighted by Gasteiger charge is 2.05. The van der Waals surface area contributed by atoms with Crippen LogP contribution in [0.25, 0.3) is 0 Å². The van der Waals surface area contributed by atoms with Crippen molar-refractivity contribution in [3.05, 3.63) is 53.8 Å². The third kappa shape index (κ3) is 3.17. The maximum atomic E-state index is 13.2. The molecule has 0 radical (unpaired) electrons. The predicted molar refractivity (Wildman–Crippen MR) is 73.4 cm³/mol. The summed E-state index contributed by atoms with van der Waals surface area (Å²) in [5, 5.41) is 0. The Balaban J connectivity index is 2.12. The zero-order valence-corrected chi connectivity index (χ0v) is 10.8. The van der Waals surface area contributed by atoms with Gasteiger partial charge in [-0.2, -0.15) is 0 Å². The van der Waals surface area contributed by atoms with Gasteiger partial charge in [-0.15, -0.1) is 11.8 Å². The van der Waals surface area contributed by atoms with E-state index >= 15 is 0 Å². The van der Waals surface area contributed by atoms with E-state index in [1.54, 1.807) is 24.9 Å². The van der Waals surface area contributed by atoms with Crippen LogP contribution in [-0.4, -0.2) is 7.11 Å². The van der Waals surface area contributed by atoms with Gasteiger partial charge >= 0.3 is 0 Å². The van der Waals surface area contributed by atoms with Gasteiger partial charge in [-0.1, -0.05) is 6.07 Å². The summed E-state index contributed by atoms with van der Waals surface area (Å²) in [6.07, 6.45) is 0. The smallest absolute Gasteiger partial charge is 0.123 e. The first-order valence-corrected chi connectivity index (χ1v) is 6.48. The van der Waals surface area contributed by atoms with Gasteiger partial charge in [-0.05, 0) is 36.4 Å². The molecule has 18 heavy (non-hydrogen) atoms. The molecule has 2 aromatic carbocycles. The standard InChI is InChI=1S/C14H14FNOS/c1-17-14-6-5-11(15)7-10(14)9-18-13-4-2-3-12(16)8-13/h2-8H,9,16H2,1H3. The number of nitrogen functional groups attached to an aromatic ring is 1. The number of nitrogens with two attached hydrogens (primary N) is 1. The topological polar surface area (TPSA) is 35.2 Å². The molecule has 0 bridgehead atoms. The van der Waals surface area contributed by atoms with Crippen molar-refractivity contribution >= 4 is 17.4 Å². The van der Waals surface area contributed by atoms with Crippen LogP contribution in [0.1, 0.15) is 5.56 Å². The highest BCUT2D eigenvalue weighted by atomic mass is 32.2. The van der Waals surface area contributed by atoms with Gasteiger partial charge in [0.05, 0.1) is 7.11 Å². The summed E-state index contributed by atoms with van der Waals surface area (Å²) in [6.45, 7) is 0. The average Bonchev–Trinajstić information content (AvgIpc) is 2.37. The largest absolute Gasteiger partial charge is 0.496 e. The summed E-state index contributed by atoms with van der Waals surface area (Å²) in [5.41, 5.74) is 7.28. The maximum Gasteiger partial charge on any atom is 0.123 e. The number of halogens is 1. The van der Waals surface area contributed by atoms with Crippen molar-refractivity contribution in [1.29, 1.82) is 0 Å². The Morgan fingerprint density at radius 3 is 2.78 bits per heavy atom. The molecule has 2 N–H and O–H groups in total. The second-order valence-corrected chi connectivity index (χ2v) is 4.87. The minimum atomic E-state index is -0.251. The number of benzene rings is 2. The Morgan fingerprint density at radius 2 is 2.06 bits per heavy atom. The third-order valence-corrected chi connectivity index (χ3v) is 3.54. The number of rotatable bonds is 4. The summed E-state index contributed by atoms with van der Waals surface area (Å²) in [7, 11) is 1.59. The monoisotopic (exact) mass is 263 g/mol. The zero-order valence-electron chi connectivity index (χ0n) is 10.0. The van der Waals surface area contributed by atoms with Gasteiger partial charge in [0.15, 0.2) is 0 Å². The highest BCUT2D eigenvalue weighted by Crippen LogP contribution is 2.29. The van der Waals surface area contributed by atoms with Crippen LogP contribution in [-0.2, 0) is 5.75 Å². The lowest BCUT2D eigenvalue weighted by Crippen LogP contribution is -1.91. The lowest BCUT2D eigenvalue weighted by molar-refractivity contribution is 0.410. The molecule has 2 aromatic rings. The molecule has 0 aliphatic heterocycles. The van der Waals surface area contributed by atoms with Crippen LogP contribution < -0.4 is 10.5 Å². The molecule has 0 unspecified atom stereocenters. The van der Waals surface area contributed by atoms with E-state index < -0.39 is 0 Å². The first-order valence-electron chi connectivity index (χ1n) is 5.50. The number of ether oxygens (including phenoxy) is 1. The first kappa shape index (κ1) is 12.8. The number of anilines is 1. The lowest BCUT2D eigenvalue weighted by Gasteiger charge is -2.08. The van der Waals surface area contributed by atoms with Gasteiger partial charge in [-0.3, -0.25) is 0 Å². The number of hydrogen-bond donors (Lipinski definition) is 1. The van der Waals surface area contributed by atoms with Crippen molar-refractivity contribution < 1.29 is 9.13 Å². The second kappa shape index (κ2) is 5.78. The molecule has 2 rings (SSSR count). The third-order valence-electron chi connectivity index (χ3n) is 2.49. The van der Waals surface area contributed by atoms with Crippen LogP contribution in [0, 0.1) is 5.82 Å². The molecule has 0 aromatic heterocycles. The molecule has 2 nitrogen and oxygen atoms in total. The number of hydrogen-bond acceptors (Lipinski definition) is 3. The van der Waals surface area contributed by atoms with Crippen molar-refractivity contribution in [2.75, 3.05) is 12.8 Å². The molecule has 0 saturated carbocycles. The Kier molecular flexibility index (Phi) is 4.10. The molecule has 0 atom stereocenters. The van der Waals surface area contributed by atoms with Crippen LogP contribution in [0.4, 0.5) is 10.1 Å². The quantitative estimate of drug-likeness (QED) is 0.674. The van der Waals surface area contributed by atoms with Gasteiger partial charge in [0, 0.05) is 21.9 Å². The molecule has 4 heteroatoms. The van der Waals surface area contributed by atoms with Gasteiger partial charge in [0.2, 0.25) is 0 Å². The van der Waals surface area contributed by atoms with Gasteiger partial charge in [0.25, 0.3) is 0 Å². The molecule has 0 amide bonds. The summed E-state index contributed by atoms with van der Waals surface area (Å²) < 4.78 is 18.4. The van der Waals surface area contributed by atoms with Crippen molar-refractivity contribution in [1.82, 2.24) is 0 Å². The van der Waals surface area contributed by atoms with Crippen molar-refractivity contribution in [3.8, 4) is 5.75 Å². The van der Waals surface area contributed by atoms with Crippen LogP contribution in [0.3, 0.4) is 0 Å². The van der Waals surface area contributed by atoms with Gasteiger partial charge < -0.3 is 10.5 Å². The molecular weight excluding hydrogens is 249 g/mol. The molecule has 0 aliphatic rings. The fourth-order valence-electron chi connectivity index (χ4n) is 1.63. The minimum Gasteiger partial charge on any atom is -0.496 e. The predicted octanol–water partition coefficient (Wildman–Crippen LogP) is 3.71.